The molecule has 1 amide bonds. The predicted molar refractivity (Wildman–Crippen MR) is 159 cm³/mol. The molecular weight excluding hydrogens is 601 g/mol. The highest BCUT2D eigenvalue weighted by molar-refractivity contribution is 6.30. The van der Waals surface area contributed by atoms with E-state index in [0.717, 1.165) is 6.07 Å². The number of methoxy groups -OCH3 is 3. The van der Waals surface area contributed by atoms with Crippen molar-refractivity contribution in [1.29, 1.82) is 0 Å². The highest BCUT2D eigenvalue weighted by Gasteiger charge is 2.39. The van der Waals surface area contributed by atoms with Gasteiger partial charge in [0.1, 0.15) is 23.3 Å². The number of hydrogen-bond donors (Lipinski definition) is 1. The van der Waals surface area contributed by atoms with Gasteiger partial charge in [0.15, 0.2) is 0 Å². The summed E-state index contributed by atoms with van der Waals surface area (Å²) in [6, 6.07) is 13.1. The minimum Gasteiger partial charge on any atom is -0.497 e. The van der Waals surface area contributed by atoms with Crippen LogP contribution in [0.25, 0.3) is 0 Å². The molecule has 1 heterocycles. The summed E-state index contributed by atoms with van der Waals surface area (Å²) in [5.41, 5.74) is 0.878. The Labute approximate surface area is 258 Å². The Kier molecular flexibility index (Phi) is 9.15. The first kappa shape index (κ1) is 31.3. The van der Waals surface area contributed by atoms with E-state index in [2.05, 4.69) is 5.32 Å². The molecule has 1 saturated carbocycles. The molecule has 12 heteroatoms. The van der Waals surface area contributed by atoms with Gasteiger partial charge in [-0.05, 0) is 60.6 Å². The molecule has 0 bridgehead atoms. The first-order chi connectivity index (χ1) is 21.0. The van der Waals surface area contributed by atoms with Crippen LogP contribution in [0.5, 0.6) is 17.2 Å². The molecule has 44 heavy (non-hydrogen) atoms. The van der Waals surface area contributed by atoms with Crippen molar-refractivity contribution >= 4 is 34.9 Å². The fraction of sp³-hybridized carbons (Fsp3) is 0.375. The van der Waals surface area contributed by atoms with E-state index in [1.54, 1.807) is 42.5 Å². The number of halogens is 4. The average Bonchev–Trinajstić information content (AvgIpc) is 3.41. The third kappa shape index (κ3) is 6.67. The Morgan fingerprint density at radius 1 is 1.00 bits per heavy atom. The van der Waals surface area contributed by atoms with Crippen molar-refractivity contribution in [3.63, 3.8) is 0 Å². The molecule has 1 aliphatic carbocycles. The molecule has 0 saturated heterocycles. The van der Waals surface area contributed by atoms with Crippen molar-refractivity contribution in [2.75, 3.05) is 44.7 Å². The van der Waals surface area contributed by atoms with Crippen LogP contribution in [-0.2, 0) is 26.9 Å². The molecule has 1 aliphatic heterocycles. The van der Waals surface area contributed by atoms with E-state index >= 15 is 0 Å². The lowest BCUT2D eigenvalue weighted by atomic mass is 9.75. The van der Waals surface area contributed by atoms with Crippen LogP contribution in [0.3, 0.4) is 0 Å². The Morgan fingerprint density at radius 2 is 1.70 bits per heavy atom. The van der Waals surface area contributed by atoms with Crippen LogP contribution in [0.1, 0.15) is 35.6 Å². The van der Waals surface area contributed by atoms with E-state index in [4.69, 9.17) is 30.5 Å². The molecule has 0 spiro atoms. The Morgan fingerprint density at radius 3 is 2.34 bits per heavy atom. The van der Waals surface area contributed by atoms with Gasteiger partial charge in [-0.2, -0.15) is 13.2 Å². The van der Waals surface area contributed by atoms with Crippen LogP contribution in [0, 0.1) is 11.8 Å². The van der Waals surface area contributed by atoms with Crippen molar-refractivity contribution in [2.45, 2.75) is 31.5 Å². The number of hydrogen-bond acceptors (Lipinski definition) is 7. The maximum absolute atomic E-state index is 14.1. The largest absolute Gasteiger partial charge is 0.497 e. The summed E-state index contributed by atoms with van der Waals surface area (Å²) in [6.07, 6.45) is -2.94. The summed E-state index contributed by atoms with van der Waals surface area (Å²) in [6.45, 7) is 0.583. The van der Waals surface area contributed by atoms with E-state index in [1.807, 2.05) is 0 Å². The Hall–Kier alpha value is -4.12. The molecular formula is C32H32ClF3N2O6. The van der Waals surface area contributed by atoms with Gasteiger partial charge in [0.05, 0.1) is 39.4 Å². The number of fused-ring (bicyclic) bond motifs is 1. The van der Waals surface area contributed by atoms with Crippen LogP contribution < -0.4 is 24.4 Å². The van der Waals surface area contributed by atoms with E-state index in [9.17, 15) is 22.8 Å². The molecule has 3 aromatic rings. The Balaban J connectivity index is 1.42. The van der Waals surface area contributed by atoms with Gasteiger partial charge in [0, 0.05) is 41.1 Å². The fourth-order valence-corrected chi connectivity index (χ4v) is 5.73. The summed E-state index contributed by atoms with van der Waals surface area (Å²) in [5, 5.41) is 3.72. The zero-order chi connectivity index (χ0) is 31.6. The summed E-state index contributed by atoms with van der Waals surface area (Å²) in [5.74, 6) is 0.0849. The maximum atomic E-state index is 14.1. The van der Waals surface area contributed by atoms with E-state index in [0.29, 0.717) is 59.2 Å². The normalized spacial score (nSPS) is 18.1. The second kappa shape index (κ2) is 12.9. The van der Waals surface area contributed by atoms with Crippen molar-refractivity contribution in [1.82, 2.24) is 0 Å². The van der Waals surface area contributed by atoms with Crippen LogP contribution in [0.4, 0.5) is 24.5 Å². The molecule has 1 atom stereocenters. The van der Waals surface area contributed by atoms with Gasteiger partial charge in [-0.15, -0.1) is 0 Å². The second-order valence-electron chi connectivity index (χ2n) is 10.8. The first-order valence-electron chi connectivity index (χ1n) is 14.0. The number of anilines is 2. The van der Waals surface area contributed by atoms with Gasteiger partial charge in [-0.3, -0.25) is 9.59 Å². The maximum Gasteiger partial charge on any atom is 0.420 e. The number of carbonyl (C=O) groups is 2. The highest BCUT2D eigenvalue weighted by atomic mass is 35.5. The van der Waals surface area contributed by atoms with E-state index < -0.39 is 23.7 Å². The number of rotatable bonds is 10. The van der Waals surface area contributed by atoms with Crippen LogP contribution in [-0.4, -0.2) is 46.4 Å². The number of amides is 1. The van der Waals surface area contributed by atoms with Gasteiger partial charge >= 0.3 is 12.1 Å². The molecule has 1 N–H and O–H groups in total. The Bertz CT molecular complexity index is 1530. The van der Waals surface area contributed by atoms with Crippen LogP contribution in [0.2, 0.25) is 5.02 Å². The third-order valence-electron chi connectivity index (χ3n) is 8.00. The number of benzene rings is 3. The standard InChI is InChI=1S/C32H32ClF3N2O6/c1-41-24-13-23(14-25(15-24)44-17-18-10-21(11-18)31(40)43-3)37-29(19-4-6-22(33)7-5-19)30(39)38-9-8-20-12-28(42-2)26(16-27(20)38)32(34,35)36/h4-7,12-16,18,21,29,37H,8-11,17H2,1-3H3/t18-,21+,29?. The molecule has 0 radical (unpaired) electrons. The SMILES string of the molecule is COc1cc(NC(C(=O)N2CCc3cc(OC)c(C(F)(F)F)cc32)c2ccc(Cl)cc2)cc(OC[C@H]2C[C@@H](C(=O)OC)C2)c1. The summed E-state index contributed by atoms with van der Waals surface area (Å²) >= 11 is 6.12. The minimum absolute atomic E-state index is 0.119. The van der Waals surface area contributed by atoms with Gasteiger partial charge in [-0.1, -0.05) is 23.7 Å². The smallest absolute Gasteiger partial charge is 0.420 e. The molecule has 0 aromatic heterocycles. The lowest BCUT2D eigenvalue weighted by Crippen LogP contribution is -2.37. The van der Waals surface area contributed by atoms with Gasteiger partial charge in [-0.25, -0.2) is 0 Å². The number of nitrogens with zero attached hydrogens (tertiary/aromatic N) is 1. The number of alkyl halides is 3. The van der Waals surface area contributed by atoms with Gasteiger partial charge in [0.25, 0.3) is 5.91 Å². The highest BCUT2D eigenvalue weighted by Crippen LogP contribution is 2.43. The quantitative estimate of drug-likeness (QED) is 0.249. The number of carbonyl (C=O) groups excluding carboxylic acids is 2. The average molecular weight is 633 g/mol. The summed E-state index contributed by atoms with van der Waals surface area (Å²) < 4.78 is 62.8. The molecule has 1 fully saturated rings. The first-order valence-corrected chi connectivity index (χ1v) is 14.4. The monoisotopic (exact) mass is 632 g/mol. The lowest BCUT2D eigenvalue weighted by molar-refractivity contribution is -0.150. The molecule has 1 unspecified atom stereocenters. The molecule has 5 rings (SSSR count). The van der Waals surface area contributed by atoms with Crippen molar-refractivity contribution < 1.29 is 41.7 Å². The number of ether oxygens (including phenoxy) is 4. The third-order valence-corrected chi connectivity index (χ3v) is 8.25. The summed E-state index contributed by atoms with van der Waals surface area (Å²) in [7, 11) is 4.07. The van der Waals surface area contributed by atoms with E-state index in [-0.39, 0.29) is 35.8 Å². The van der Waals surface area contributed by atoms with Gasteiger partial charge < -0.3 is 29.2 Å². The minimum atomic E-state index is -4.66. The second-order valence-corrected chi connectivity index (χ2v) is 11.2. The zero-order valence-electron chi connectivity index (χ0n) is 24.4. The number of esters is 1. The molecule has 2 aliphatic rings. The summed E-state index contributed by atoms with van der Waals surface area (Å²) in [4.78, 5) is 27.2. The topological polar surface area (TPSA) is 86.3 Å². The molecule has 8 nitrogen and oxygen atoms in total. The van der Waals surface area contributed by atoms with Gasteiger partial charge in [0.2, 0.25) is 0 Å². The number of nitrogens with one attached hydrogen (secondary N) is 1. The lowest BCUT2D eigenvalue weighted by Gasteiger charge is -2.33. The fourth-order valence-electron chi connectivity index (χ4n) is 5.60. The molecule has 234 valence electrons. The van der Waals surface area contributed by atoms with Crippen molar-refractivity contribution in [2.24, 2.45) is 11.8 Å². The molecule has 3 aromatic carbocycles. The van der Waals surface area contributed by atoms with Crippen LogP contribution in [0.15, 0.2) is 54.6 Å². The van der Waals surface area contributed by atoms with Crippen LogP contribution >= 0.6 is 11.6 Å². The predicted octanol–water partition coefficient (Wildman–Crippen LogP) is 6.70. The van der Waals surface area contributed by atoms with Crippen molar-refractivity contribution in [3.05, 3.63) is 76.3 Å². The zero-order valence-corrected chi connectivity index (χ0v) is 25.1. The van der Waals surface area contributed by atoms with Crippen molar-refractivity contribution in [3.8, 4) is 17.2 Å². The van der Waals surface area contributed by atoms with E-state index in [1.165, 1.54) is 32.3 Å².